The molecule has 1 amide bonds. The molecule has 0 fully saturated rings. The van der Waals surface area contributed by atoms with Crippen LogP contribution in [0.4, 0.5) is 5.82 Å². The van der Waals surface area contributed by atoms with Crippen LogP contribution in [0.2, 0.25) is 5.02 Å². The Morgan fingerprint density at radius 2 is 2.10 bits per heavy atom. The zero-order valence-corrected chi connectivity index (χ0v) is 13.8. The number of carbonyl (C=O) groups is 1. The van der Waals surface area contributed by atoms with Crippen LogP contribution in [0.1, 0.15) is 17.3 Å². The number of carbonyl (C=O) groups excluding carboxylic acids is 1. The first-order valence-corrected chi connectivity index (χ1v) is 8.34. The van der Waals surface area contributed by atoms with Gasteiger partial charge in [-0.3, -0.25) is 4.79 Å². The van der Waals surface area contributed by atoms with E-state index in [1.54, 1.807) is 0 Å². The van der Waals surface area contributed by atoms with Gasteiger partial charge in [0, 0.05) is 33.4 Å². The van der Waals surface area contributed by atoms with Crippen molar-refractivity contribution in [2.45, 2.75) is 6.92 Å². The summed E-state index contributed by atoms with van der Waals surface area (Å²) in [5, 5.41) is 5.72. The maximum Gasteiger partial charge on any atom is 0.253 e. The number of hydrogen-bond acceptors (Lipinski definition) is 5. The Hall–Kier alpha value is -1.38. The third-order valence-electron chi connectivity index (χ3n) is 2.66. The van der Waals surface area contributed by atoms with E-state index in [1.807, 2.05) is 6.92 Å². The van der Waals surface area contributed by atoms with Crippen LogP contribution in [0.15, 0.2) is 12.3 Å². The molecule has 0 unspecified atom stereocenters. The molecular weight excluding hydrogens is 316 g/mol. The number of halogens is 1. The predicted molar refractivity (Wildman–Crippen MR) is 83.2 cm³/mol. The second kappa shape index (κ2) is 7.58. The third-order valence-corrected chi connectivity index (χ3v) is 4.79. The predicted octanol–water partition coefficient (Wildman–Crippen LogP) is 0.788. The van der Waals surface area contributed by atoms with Gasteiger partial charge in [0.25, 0.3) is 5.91 Å². The van der Waals surface area contributed by atoms with Crippen LogP contribution in [-0.2, 0) is 10.0 Å². The summed E-state index contributed by atoms with van der Waals surface area (Å²) < 4.78 is 24.3. The first kappa shape index (κ1) is 17.7. The van der Waals surface area contributed by atoms with Gasteiger partial charge < -0.3 is 10.6 Å². The van der Waals surface area contributed by atoms with Crippen LogP contribution in [0, 0.1) is 0 Å². The topological polar surface area (TPSA) is 91.4 Å². The summed E-state index contributed by atoms with van der Waals surface area (Å²) in [6, 6.07) is 1.53. The Kier molecular flexibility index (Phi) is 6.38. The summed E-state index contributed by atoms with van der Waals surface area (Å²) >= 11 is 5.93. The molecule has 118 valence electrons. The molecule has 0 spiro atoms. The van der Waals surface area contributed by atoms with Gasteiger partial charge in [-0.15, -0.1) is 0 Å². The van der Waals surface area contributed by atoms with Crippen LogP contribution in [-0.4, -0.2) is 56.6 Å². The van der Waals surface area contributed by atoms with Crippen LogP contribution in [0.5, 0.6) is 0 Å². The van der Waals surface area contributed by atoms with Gasteiger partial charge in [0.2, 0.25) is 10.0 Å². The zero-order valence-electron chi connectivity index (χ0n) is 12.2. The van der Waals surface area contributed by atoms with Crippen molar-refractivity contribution < 1.29 is 13.2 Å². The molecule has 9 heteroatoms. The van der Waals surface area contributed by atoms with E-state index in [9.17, 15) is 13.2 Å². The van der Waals surface area contributed by atoms with Gasteiger partial charge in [-0.05, 0) is 13.0 Å². The normalized spacial score (nSPS) is 11.5. The SMILES string of the molecule is CCNc1cc(C(=O)NCCS(=O)(=O)N(C)C)c(Cl)cn1. The first-order valence-electron chi connectivity index (χ1n) is 6.35. The number of aromatic nitrogens is 1. The minimum absolute atomic E-state index is 0.00847. The zero-order chi connectivity index (χ0) is 16.0. The van der Waals surface area contributed by atoms with Crippen LogP contribution in [0.3, 0.4) is 0 Å². The number of anilines is 1. The quantitative estimate of drug-likeness (QED) is 0.769. The number of rotatable bonds is 7. The van der Waals surface area contributed by atoms with E-state index >= 15 is 0 Å². The molecule has 1 aromatic rings. The third kappa shape index (κ3) is 5.14. The number of nitrogens with one attached hydrogen (secondary N) is 2. The van der Waals surface area contributed by atoms with Crippen molar-refractivity contribution in [3.8, 4) is 0 Å². The van der Waals surface area contributed by atoms with E-state index in [-0.39, 0.29) is 22.9 Å². The molecule has 0 bridgehead atoms. The lowest BCUT2D eigenvalue weighted by molar-refractivity contribution is 0.0956. The fraction of sp³-hybridized carbons (Fsp3) is 0.500. The molecule has 1 heterocycles. The highest BCUT2D eigenvalue weighted by molar-refractivity contribution is 7.89. The lowest BCUT2D eigenvalue weighted by atomic mass is 10.2. The van der Waals surface area contributed by atoms with Gasteiger partial charge in [-0.25, -0.2) is 17.7 Å². The molecule has 0 atom stereocenters. The molecule has 0 aliphatic carbocycles. The molecule has 0 aliphatic rings. The highest BCUT2D eigenvalue weighted by Crippen LogP contribution is 2.17. The Morgan fingerprint density at radius 3 is 2.67 bits per heavy atom. The van der Waals surface area contributed by atoms with E-state index in [0.717, 1.165) is 4.31 Å². The molecule has 0 aliphatic heterocycles. The number of pyridine rings is 1. The first-order chi connectivity index (χ1) is 9.77. The average Bonchev–Trinajstić information content (AvgIpc) is 2.40. The Balaban J connectivity index is 2.70. The summed E-state index contributed by atoms with van der Waals surface area (Å²) in [6.07, 6.45) is 1.38. The molecule has 1 aromatic heterocycles. The lowest BCUT2D eigenvalue weighted by Gasteiger charge is -2.12. The van der Waals surface area contributed by atoms with Crippen molar-refractivity contribution in [1.29, 1.82) is 0 Å². The van der Waals surface area contributed by atoms with Crippen molar-refractivity contribution in [1.82, 2.24) is 14.6 Å². The minimum atomic E-state index is -3.34. The van der Waals surface area contributed by atoms with Gasteiger partial charge in [0.1, 0.15) is 5.82 Å². The van der Waals surface area contributed by atoms with E-state index in [1.165, 1.54) is 26.4 Å². The smallest absolute Gasteiger partial charge is 0.253 e. The van der Waals surface area contributed by atoms with E-state index in [2.05, 4.69) is 15.6 Å². The fourth-order valence-corrected chi connectivity index (χ4v) is 2.38. The Labute approximate surface area is 129 Å². The van der Waals surface area contributed by atoms with Crippen molar-refractivity contribution >= 4 is 33.3 Å². The maximum absolute atomic E-state index is 12.0. The van der Waals surface area contributed by atoms with Crippen LogP contribution < -0.4 is 10.6 Å². The molecular formula is C12H19ClN4O3S. The fourth-order valence-electron chi connectivity index (χ4n) is 1.46. The Bertz CT molecular complexity index is 605. The molecule has 1 rings (SSSR count). The van der Waals surface area contributed by atoms with E-state index < -0.39 is 15.9 Å². The van der Waals surface area contributed by atoms with Gasteiger partial charge in [0.15, 0.2) is 0 Å². The number of amides is 1. The molecule has 21 heavy (non-hydrogen) atoms. The highest BCUT2D eigenvalue weighted by atomic mass is 35.5. The largest absolute Gasteiger partial charge is 0.370 e. The second-order valence-corrected chi connectivity index (χ2v) is 7.14. The second-order valence-electron chi connectivity index (χ2n) is 4.43. The highest BCUT2D eigenvalue weighted by Gasteiger charge is 2.16. The number of sulfonamides is 1. The van der Waals surface area contributed by atoms with Crippen molar-refractivity contribution in [3.63, 3.8) is 0 Å². The summed E-state index contributed by atoms with van der Waals surface area (Å²) in [5.74, 6) is -0.0717. The van der Waals surface area contributed by atoms with Gasteiger partial charge >= 0.3 is 0 Å². The molecule has 0 saturated carbocycles. The Morgan fingerprint density at radius 1 is 1.43 bits per heavy atom. The van der Waals surface area contributed by atoms with E-state index in [4.69, 9.17) is 11.6 Å². The molecule has 0 saturated heterocycles. The lowest BCUT2D eigenvalue weighted by Crippen LogP contribution is -2.34. The standard InChI is InChI=1S/C12H19ClN4O3S/c1-4-14-11-7-9(10(13)8-16-11)12(18)15-5-6-21(19,20)17(2)3/h7-8H,4-6H2,1-3H3,(H,14,16)(H,15,18). The number of hydrogen-bond donors (Lipinski definition) is 2. The van der Waals surface area contributed by atoms with Gasteiger partial charge in [-0.2, -0.15) is 0 Å². The average molecular weight is 335 g/mol. The molecule has 7 nitrogen and oxygen atoms in total. The van der Waals surface area contributed by atoms with Crippen molar-refractivity contribution in [3.05, 3.63) is 22.8 Å². The molecule has 0 aromatic carbocycles. The number of nitrogens with zero attached hydrogens (tertiary/aromatic N) is 2. The maximum atomic E-state index is 12.0. The van der Waals surface area contributed by atoms with Crippen LogP contribution >= 0.6 is 11.6 Å². The molecule has 2 N–H and O–H groups in total. The molecule has 0 radical (unpaired) electrons. The van der Waals surface area contributed by atoms with Gasteiger partial charge in [0.05, 0.1) is 16.3 Å². The monoisotopic (exact) mass is 334 g/mol. The summed E-state index contributed by atoms with van der Waals surface area (Å²) in [4.78, 5) is 16.0. The van der Waals surface area contributed by atoms with Crippen molar-refractivity contribution in [2.75, 3.05) is 38.3 Å². The van der Waals surface area contributed by atoms with Crippen LogP contribution in [0.25, 0.3) is 0 Å². The minimum Gasteiger partial charge on any atom is -0.370 e. The summed E-state index contributed by atoms with van der Waals surface area (Å²) in [5.41, 5.74) is 0.255. The summed E-state index contributed by atoms with van der Waals surface area (Å²) in [6.45, 7) is 2.58. The van der Waals surface area contributed by atoms with E-state index in [0.29, 0.717) is 12.4 Å². The summed E-state index contributed by atoms with van der Waals surface area (Å²) in [7, 11) is -0.454. The van der Waals surface area contributed by atoms with Crippen molar-refractivity contribution in [2.24, 2.45) is 0 Å². The van der Waals surface area contributed by atoms with Gasteiger partial charge in [-0.1, -0.05) is 11.6 Å².